The number of rotatable bonds is 4. The maximum atomic E-state index is 11.5. The Morgan fingerprint density at radius 2 is 1.86 bits per heavy atom. The first kappa shape index (κ1) is 12.9. The van der Waals surface area contributed by atoms with E-state index in [1.165, 1.54) is 14.0 Å². The topological polar surface area (TPSA) is 52.6 Å². The highest BCUT2D eigenvalue weighted by Gasteiger charge is 2.30. The van der Waals surface area contributed by atoms with Crippen molar-refractivity contribution in [2.75, 3.05) is 7.11 Å². The summed E-state index contributed by atoms with van der Waals surface area (Å²) in [5.74, 6) is -0.914. The number of carbonyl (C=O) groups excluding carboxylic acids is 2. The van der Waals surface area contributed by atoms with Crippen LogP contribution in [0.15, 0.2) is 0 Å². The number of methoxy groups -OCH3 is 1. The monoisotopic (exact) mass is 202 g/mol. The fourth-order valence-corrected chi connectivity index (χ4v) is 0.678. The van der Waals surface area contributed by atoms with E-state index in [1.54, 1.807) is 13.8 Å². The molecule has 0 heterocycles. The van der Waals surface area contributed by atoms with Gasteiger partial charge in [0.15, 0.2) is 6.10 Å². The van der Waals surface area contributed by atoms with Gasteiger partial charge in [-0.05, 0) is 27.2 Å². The van der Waals surface area contributed by atoms with Gasteiger partial charge in [-0.25, -0.2) is 4.79 Å². The molecule has 0 bridgehead atoms. The molecule has 0 aromatic rings. The largest absolute Gasteiger partial charge is 0.466 e. The lowest BCUT2D eigenvalue weighted by Crippen LogP contribution is -2.33. The van der Waals surface area contributed by atoms with Crippen LogP contribution in [-0.4, -0.2) is 25.2 Å². The smallest absolute Gasteiger partial charge is 0.346 e. The van der Waals surface area contributed by atoms with Crippen molar-refractivity contribution < 1.29 is 19.1 Å². The minimum atomic E-state index is -0.835. The molecule has 0 saturated carbocycles. The maximum Gasteiger partial charge on any atom is 0.346 e. The van der Waals surface area contributed by atoms with Crippen LogP contribution in [0.5, 0.6) is 0 Å². The van der Waals surface area contributed by atoms with Gasteiger partial charge in [-0.15, -0.1) is 0 Å². The Bertz CT molecular complexity index is 220. The SMILES string of the molecule is CCC(C)(C)C(=O)OC(C)C(=O)OC. The van der Waals surface area contributed by atoms with Gasteiger partial charge in [0.2, 0.25) is 0 Å². The molecule has 0 aromatic heterocycles. The molecule has 0 amide bonds. The Balaban J connectivity index is 4.26. The van der Waals surface area contributed by atoms with Gasteiger partial charge in [-0.1, -0.05) is 6.92 Å². The Labute approximate surface area is 84.6 Å². The molecular formula is C10H18O4. The van der Waals surface area contributed by atoms with Crippen LogP contribution in [0, 0.1) is 5.41 Å². The van der Waals surface area contributed by atoms with Crippen molar-refractivity contribution in [3.63, 3.8) is 0 Å². The molecule has 0 saturated heterocycles. The molecule has 0 rings (SSSR count). The van der Waals surface area contributed by atoms with Gasteiger partial charge in [0.05, 0.1) is 12.5 Å². The van der Waals surface area contributed by atoms with E-state index in [9.17, 15) is 9.59 Å². The first-order chi connectivity index (χ1) is 6.35. The third kappa shape index (κ3) is 3.36. The zero-order valence-electron chi connectivity index (χ0n) is 9.42. The second kappa shape index (κ2) is 4.98. The van der Waals surface area contributed by atoms with E-state index in [4.69, 9.17) is 4.74 Å². The summed E-state index contributed by atoms with van der Waals surface area (Å²) in [6, 6.07) is 0. The highest BCUT2D eigenvalue weighted by Crippen LogP contribution is 2.22. The maximum absolute atomic E-state index is 11.5. The Morgan fingerprint density at radius 3 is 2.21 bits per heavy atom. The van der Waals surface area contributed by atoms with Crippen molar-refractivity contribution in [1.29, 1.82) is 0 Å². The van der Waals surface area contributed by atoms with Gasteiger partial charge in [0, 0.05) is 0 Å². The van der Waals surface area contributed by atoms with E-state index < -0.39 is 17.5 Å². The number of carbonyl (C=O) groups is 2. The van der Waals surface area contributed by atoms with Crippen LogP contribution in [0.3, 0.4) is 0 Å². The molecule has 1 unspecified atom stereocenters. The van der Waals surface area contributed by atoms with Crippen LogP contribution < -0.4 is 0 Å². The molecule has 0 aliphatic heterocycles. The Morgan fingerprint density at radius 1 is 1.36 bits per heavy atom. The van der Waals surface area contributed by atoms with Gasteiger partial charge >= 0.3 is 11.9 Å². The summed E-state index contributed by atoms with van der Waals surface area (Å²) in [6.07, 6.45) is -0.168. The lowest BCUT2D eigenvalue weighted by atomic mass is 9.91. The minimum Gasteiger partial charge on any atom is -0.466 e. The van der Waals surface area contributed by atoms with Crippen LogP contribution in [0.1, 0.15) is 34.1 Å². The molecule has 1 atom stereocenters. The van der Waals surface area contributed by atoms with Crippen LogP contribution in [-0.2, 0) is 19.1 Å². The summed E-state index contributed by atoms with van der Waals surface area (Å²) in [6.45, 7) is 6.94. The second-order valence-electron chi connectivity index (χ2n) is 3.81. The molecule has 0 radical (unpaired) electrons. The van der Waals surface area contributed by atoms with E-state index in [0.29, 0.717) is 6.42 Å². The van der Waals surface area contributed by atoms with Crippen LogP contribution >= 0.6 is 0 Å². The summed E-state index contributed by atoms with van der Waals surface area (Å²) in [5, 5.41) is 0. The number of ether oxygens (including phenoxy) is 2. The van der Waals surface area contributed by atoms with Crippen LogP contribution in [0.2, 0.25) is 0 Å². The molecule has 0 fully saturated rings. The molecule has 0 aliphatic carbocycles. The van der Waals surface area contributed by atoms with E-state index in [1.807, 2.05) is 6.92 Å². The molecule has 0 aliphatic rings. The third-order valence-corrected chi connectivity index (χ3v) is 2.25. The van der Waals surface area contributed by atoms with Gasteiger partial charge in [0.1, 0.15) is 0 Å². The van der Waals surface area contributed by atoms with E-state index in [-0.39, 0.29) is 5.97 Å². The lowest BCUT2D eigenvalue weighted by molar-refractivity contribution is -0.170. The first-order valence-corrected chi connectivity index (χ1v) is 4.64. The summed E-state index contributed by atoms with van der Waals surface area (Å²) in [4.78, 5) is 22.5. The fraction of sp³-hybridized carbons (Fsp3) is 0.800. The summed E-state index contributed by atoms with van der Waals surface area (Å²) in [7, 11) is 1.26. The Kier molecular flexibility index (Phi) is 4.60. The summed E-state index contributed by atoms with van der Waals surface area (Å²) in [5.41, 5.74) is -0.553. The Hall–Kier alpha value is -1.06. The second-order valence-corrected chi connectivity index (χ2v) is 3.81. The van der Waals surface area contributed by atoms with Gasteiger partial charge in [0.25, 0.3) is 0 Å². The molecule has 14 heavy (non-hydrogen) atoms. The summed E-state index contributed by atoms with van der Waals surface area (Å²) >= 11 is 0. The quantitative estimate of drug-likeness (QED) is 0.649. The van der Waals surface area contributed by atoms with E-state index >= 15 is 0 Å². The van der Waals surface area contributed by atoms with E-state index in [0.717, 1.165) is 0 Å². The molecular weight excluding hydrogens is 184 g/mol. The fourth-order valence-electron chi connectivity index (χ4n) is 0.678. The average Bonchev–Trinajstić information content (AvgIpc) is 2.16. The predicted octanol–water partition coefficient (Wildman–Crippen LogP) is 1.53. The zero-order valence-corrected chi connectivity index (χ0v) is 9.42. The number of hydrogen-bond acceptors (Lipinski definition) is 4. The molecule has 4 nitrogen and oxygen atoms in total. The normalized spacial score (nSPS) is 13.2. The van der Waals surface area contributed by atoms with E-state index in [2.05, 4.69) is 4.74 Å². The van der Waals surface area contributed by atoms with Crippen LogP contribution in [0.4, 0.5) is 0 Å². The molecule has 82 valence electrons. The minimum absolute atomic E-state index is 0.377. The number of hydrogen-bond donors (Lipinski definition) is 0. The molecule has 0 spiro atoms. The highest BCUT2D eigenvalue weighted by molar-refractivity contribution is 5.81. The van der Waals surface area contributed by atoms with Gasteiger partial charge < -0.3 is 9.47 Å². The average molecular weight is 202 g/mol. The van der Waals surface area contributed by atoms with Gasteiger partial charge in [-0.3, -0.25) is 4.79 Å². The molecule has 4 heteroatoms. The molecule has 0 N–H and O–H groups in total. The van der Waals surface area contributed by atoms with Crippen molar-refractivity contribution in [2.24, 2.45) is 5.41 Å². The van der Waals surface area contributed by atoms with Crippen molar-refractivity contribution in [1.82, 2.24) is 0 Å². The molecule has 0 aromatic carbocycles. The zero-order chi connectivity index (χ0) is 11.4. The van der Waals surface area contributed by atoms with Crippen molar-refractivity contribution in [3.05, 3.63) is 0 Å². The first-order valence-electron chi connectivity index (χ1n) is 4.64. The van der Waals surface area contributed by atoms with Crippen LogP contribution in [0.25, 0.3) is 0 Å². The lowest BCUT2D eigenvalue weighted by Gasteiger charge is -2.22. The third-order valence-electron chi connectivity index (χ3n) is 2.25. The van der Waals surface area contributed by atoms with Gasteiger partial charge in [-0.2, -0.15) is 0 Å². The predicted molar refractivity (Wildman–Crippen MR) is 51.6 cm³/mol. The van der Waals surface area contributed by atoms with Crippen molar-refractivity contribution >= 4 is 11.9 Å². The highest BCUT2D eigenvalue weighted by atomic mass is 16.6. The standard InChI is InChI=1S/C10H18O4/c1-6-10(3,4)9(12)14-7(2)8(11)13-5/h7H,6H2,1-5H3. The van der Waals surface area contributed by atoms with Crippen molar-refractivity contribution in [3.8, 4) is 0 Å². The summed E-state index contributed by atoms with van der Waals surface area (Å²) < 4.78 is 9.39. The van der Waals surface area contributed by atoms with Crippen molar-refractivity contribution in [2.45, 2.75) is 40.2 Å². The number of esters is 2.